The van der Waals surface area contributed by atoms with Crippen LogP contribution in [0.3, 0.4) is 0 Å². The highest BCUT2D eigenvalue weighted by Crippen LogP contribution is 2.30. The van der Waals surface area contributed by atoms with Crippen LogP contribution < -0.4 is 5.32 Å². The molecular formula is C22H18N4OS2. The van der Waals surface area contributed by atoms with Crippen LogP contribution in [0.5, 0.6) is 0 Å². The summed E-state index contributed by atoms with van der Waals surface area (Å²) in [4.78, 5) is 22.6. The minimum atomic E-state index is -0.132. The third-order valence-electron chi connectivity index (χ3n) is 4.77. The molecule has 0 unspecified atom stereocenters. The first-order valence-corrected chi connectivity index (χ1v) is 11.1. The number of thiazole rings is 1. The fourth-order valence-corrected chi connectivity index (χ4v) is 5.18. The molecule has 2 aromatic heterocycles. The van der Waals surface area contributed by atoms with Crippen LogP contribution >= 0.6 is 23.1 Å². The molecule has 1 amide bonds. The molecule has 1 N–H and O–H groups in total. The van der Waals surface area contributed by atoms with Crippen molar-refractivity contribution < 1.29 is 4.79 Å². The summed E-state index contributed by atoms with van der Waals surface area (Å²) in [5.74, 6) is 0.962. The Morgan fingerprint density at radius 2 is 1.83 bits per heavy atom. The van der Waals surface area contributed by atoms with E-state index in [9.17, 15) is 4.79 Å². The Hall–Kier alpha value is -2.90. The van der Waals surface area contributed by atoms with E-state index in [1.54, 1.807) is 11.8 Å². The Morgan fingerprint density at radius 3 is 2.59 bits per heavy atom. The highest BCUT2D eigenvalue weighted by Gasteiger charge is 2.17. The Labute approximate surface area is 176 Å². The lowest BCUT2D eigenvalue weighted by molar-refractivity contribution is 0.103. The normalized spacial score (nSPS) is 12.7. The van der Waals surface area contributed by atoms with Crippen molar-refractivity contribution in [1.29, 1.82) is 0 Å². The molecule has 4 aromatic rings. The first-order chi connectivity index (χ1) is 14.2. The summed E-state index contributed by atoms with van der Waals surface area (Å²) in [6.07, 6.45) is 2.09. The van der Waals surface area contributed by atoms with Crippen LogP contribution in [0.15, 0.2) is 66.0 Å². The molecule has 144 valence electrons. The molecular weight excluding hydrogens is 400 g/mol. The molecule has 2 aromatic carbocycles. The van der Waals surface area contributed by atoms with Crippen LogP contribution in [0.4, 0.5) is 5.69 Å². The predicted molar refractivity (Wildman–Crippen MR) is 119 cm³/mol. The summed E-state index contributed by atoms with van der Waals surface area (Å²) in [6.45, 7) is 2.89. The molecule has 5 nitrogen and oxygen atoms in total. The van der Waals surface area contributed by atoms with E-state index < -0.39 is 0 Å². The highest BCUT2D eigenvalue weighted by molar-refractivity contribution is 7.99. The summed E-state index contributed by atoms with van der Waals surface area (Å²) < 4.78 is 2.19. The maximum atomic E-state index is 12.8. The Morgan fingerprint density at radius 1 is 1.03 bits per heavy atom. The quantitative estimate of drug-likeness (QED) is 0.486. The molecule has 5 rings (SSSR count). The third kappa shape index (κ3) is 3.59. The Kier molecular flexibility index (Phi) is 4.69. The first-order valence-electron chi connectivity index (χ1n) is 9.32. The second kappa shape index (κ2) is 7.50. The first kappa shape index (κ1) is 18.1. The van der Waals surface area contributed by atoms with Gasteiger partial charge < -0.3 is 9.88 Å². The van der Waals surface area contributed by atoms with Crippen molar-refractivity contribution >= 4 is 34.7 Å². The van der Waals surface area contributed by atoms with Crippen LogP contribution in [0, 0.1) is 6.92 Å². The van der Waals surface area contributed by atoms with Crippen LogP contribution in [0.25, 0.3) is 21.8 Å². The summed E-state index contributed by atoms with van der Waals surface area (Å²) in [5, 5.41) is 4.92. The van der Waals surface area contributed by atoms with Gasteiger partial charge in [-0.05, 0) is 19.1 Å². The summed E-state index contributed by atoms with van der Waals surface area (Å²) in [7, 11) is 0. The number of imidazole rings is 1. The van der Waals surface area contributed by atoms with Crippen molar-refractivity contribution in [3.63, 3.8) is 0 Å². The lowest BCUT2D eigenvalue weighted by Crippen LogP contribution is -2.11. The number of aromatic nitrogens is 3. The van der Waals surface area contributed by atoms with Gasteiger partial charge in [0, 0.05) is 35.3 Å². The number of rotatable bonds is 4. The van der Waals surface area contributed by atoms with Gasteiger partial charge in [-0.2, -0.15) is 0 Å². The number of fused-ring (bicyclic) bond motifs is 1. The molecule has 0 spiro atoms. The van der Waals surface area contributed by atoms with Crippen LogP contribution in [-0.4, -0.2) is 26.2 Å². The number of anilines is 1. The van der Waals surface area contributed by atoms with E-state index >= 15 is 0 Å². The summed E-state index contributed by atoms with van der Waals surface area (Å²) in [6, 6.07) is 17.7. The van der Waals surface area contributed by atoms with Crippen molar-refractivity contribution in [2.45, 2.75) is 18.6 Å². The summed E-state index contributed by atoms with van der Waals surface area (Å²) >= 11 is 3.20. The number of thioether (sulfide) groups is 1. The number of benzene rings is 2. The number of aryl methyl sites for hydroxylation is 2. The predicted octanol–water partition coefficient (Wildman–Crippen LogP) is 5.34. The van der Waals surface area contributed by atoms with Gasteiger partial charge in [0.15, 0.2) is 5.16 Å². The molecule has 3 heterocycles. The van der Waals surface area contributed by atoms with Gasteiger partial charge in [-0.25, -0.2) is 9.97 Å². The largest absolute Gasteiger partial charge is 0.325 e. The standard InChI is InChI=1S/C22H18N4OS2/c1-14-19(29-21(23-14)16-5-3-2-4-6-16)20(27)24-17-9-7-15(8-10-17)18-13-26-11-12-28-22(26)25-18/h2-10,13H,11-12H2,1H3,(H,24,27). The third-order valence-corrected chi connectivity index (χ3v) is 6.94. The molecule has 0 aliphatic carbocycles. The maximum Gasteiger partial charge on any atom is 0.267 e. The van der Waals surface area contributed by atoms with Gasteiger partial charge in [-0.1, -0.05) is 54.2 Å². The van der Waals surface area contributed by atoms with Gasteiger partial charge >= 0.3 is 0 Å². The lowest BCUT2D eigenvalue weighted by Gasteiger charge is -2.05. The zero-order valence-corrected chi connectivity index (χ0v) is 17.4. The van der Waals surface area contributed by atoms with E-state index in [-0.39, 0.29) is 5.91 Å². The Balaban J connectivity index is 1.32. The molecule has 0 atom stereocenters. The van der Waals surface area contributed by atoms with Crippen molar-refractivity contribution in [1.82, 2.24) is 14.5 Å². The van der Waals surface area contributed by atoms with E-state index in [1.807, 2.05) is 61.5 Å². The van der Waals surface area contributed by atoms with Crippen LogP contribution in [-0.2, 0) is 6.54 Å². The molecule has 7 heteroatoms. The monoisotopic (exact) mass is 418 g/mol. The van der Waals surface area contributed by atoms with Crippen LogP contribution in [0.1, 0.15) is 15.4 Å². The van der Waals surface area contributed by atoms with Crippen molar-refractivity contribution in [2.24, 2.45) is 0 Å². The topological polar surface area (TPSA) is 59.8 Å². The second-order valence-corrected chi connectivity index (χ2v) is 8.84. The van der Waals surface area contributed by atoms with Crippen molar-refractivity contribution in [3.05, 3.63) is 71.4 Å². The molecule has 0 radical (unpaired) electrons. The second-order valence-electron chi connectivity index (χ2n) is 6.78. The minimum absolute atomic E-state index is 0.132. The van der Waals surface area contributed by atoms with Crippen molar-refractivity contribution in [2.75, 3.05) is 11.1 Å². The molecule has 29 heavy (non-hydrogen) atoms. The molecule has 1 aliphatic heterocycles. The number of hydrogen-bond donors (Lipinski definition) is 1. The molecule has 0 bridgehead atoms. The lowest BCUT2D eigenvalue weighted by atomic mass is 10.1. The average Bonchev–Trinajstić information content (AvgIpc) is 3.44. The summed E-state index contributed by atoms with van der Waals surface area (Å²) in [5.41, 5.74) is 4.54. The molecule has 1 aliphatic rings. The number of amides is 1. The average molecular weight is 419 g/mol. The highest BCUT2D eigenvalue weighted by atomic mass is 32.2. The number of nitrogens with zero attached hydrogens (tertiary/aromatic N) is 3. The van der Waals surface area contributed by atoms with E-state index in [0.29, 0.717) is 4.88 Å². The SMILES string of the molecule is Cc1nc(-c2ccccc2)sc1C(=O)Nc1ccc(-c2cn3c(n2)SCC3)cc1. The van der Waals surface area contributed by atoms with Gasteiger partial charge in [0.05, 0.1) is 11.4 Å². The maximum absolute atomic E-state index is 12.8. The fourth-order valence-electron chi connectivity index (χ4n) is 3.27. The van der Waals surface area contributed by atoms with E-state index in [4.69, 9.17) is 0 Å². The zero-order valence-electron chi connectivity index (χ0n) is 15.8. The molecule has 0 fully saturated rings. The molecule has 0 saturated heterocycles. The number of carbonyl (C=O) groups excluding carboxylic acids is 1. The van der Waals surface area contributed by atoms with Gasteiger partial charge in [-0.15, -0.1) is 11.3 Å². The fraction of sp³-hybridized carbons (Fsp3) is 0.136. The number of carbonyl (C=O) groups is 1. The van der Waals surface area contributed by atoms with E-state index in [1.165, 1.54) is 11.3 Å². The number of hydrogen-bond acceptors (Lipinski definition) is 5. The van der Waals surface area contributed by atoms with E-state index in [2.05, 4.69) is 26.0 Å². The molecule has 0 saturated carbocycles. The van der Waals surface area contributed by atoms with Gasteiger partial charge in [0.1, 0.15) is 9.88 Å². The van der Waals surface area contributed by atoms with E-state index in [0.717, 1.165) is 50.7 Å². The Bertz CT molecular complexity index is 1160. The van der Waals surface area contributed by atoms with Crippen LogP contribution in [0.2, 0.25) is 0 Å². The zero-order chi connectivity index (χ0) is 19.8. The minimum Gasteiger partial charge on any atom is -0.325 e. The smallest absolute Gasteiger partial charge is 0.267 e. The number of nitrogens with one attached hydrogen (secondary N) is 1. The van der Waals surface area contributed by atoms with Gasteiger partial charge in [0.2, 0.25) is 0 Å². The van der Waals surface area contributed by atoms with Gasteiger partial charge in [-0.3, -0.25) is 4.79 Å². The van der Waals surface area contributed by atoms with Crippen molar-refractivity contribution in [3.8, 4) is 21.8 Å². The van der Waals surface area contributed by atoms with Gasteiger partial charge in [0.25, 0.3) is 5.91 Å².